The Morgan fingerprint density at radius 1 is 1.19 bits per heavy atom. The maximum absolute atomic E-state index is 13.0. The van der Waals surface area contributed by atoms with E-state index in [4.69, 9.17) is 4.74 Å². The SMILES string of the molecule is CCOC(=O)C[C@H](c1cc(CN2Cc3[nH]c(=O)ccc3C[C@H](CC)C2)c2sccc2c1)c1cc(C)c2c(nnn2C)c1C. The van der Waals surface area contributed by atoms with Crippen molar-refractivity contribution in [2.24, 2.45) is 13.0 Å². The fourth-order valence-electron chi connectivity index (χ4n) is 6.80. The number of aryl methyl sites for hydroxylation is 3. The van der Waals surface area contributed by atoms with E-state index in [1.165, 1.54) is 21.2 Å². The highest BCUT2D eigenvalue weighted by Gasteiger charge is 2.27. The lowest BCUT2D eigenvalue weighted by molar-refractivity contribution is -0.143. The van der Waals surface area contributed by atoms with E-state index in [2.05, 4.69) is 70.6 Å². The fraction of sp³-hybridized carbons (Fsp3) is 0.412. The average Bonchev–Trinajstić information content (AvgIpc) is 3.57. The van der Waals surface area contributed by atoms with Gasteiger partial charge in [0.15, 0.2) is 0 Å². The first-order valence-electron chi connectivity index (χ1n) is 15.1. The normalized spacial score (nSPS) is 16.3. The van der Waals surface area contributed by atoms with Crippen LogP contribution in [-0.4, -0.2) is 44.0 Å². The number of carbonyl (C=O) groups excluding carboxylic acids is 1. The van der Waals surface area contributed by atoms with Crippen LogP contribution in [-0.2, 0) is 36.1 Å². The summed E-state index contributed by atoms with van der Waals surface area (Å²) in [5.41, 5.74) is 9.61. The molecule has 0 unspecified atom stereocenters. The zero-order valence-corrected chi connectivity index (χ0v) is 26.4. The van der Waals surface area contributed by atoms with Crippen LogP contribution in [0.4, 0.5) is 0 Å². The van der Waals surface area contributed by atoms with E-state index in [1.54, 1.807) is 17.4 Å². The van der Waals surface area contributed by atoms with Crippen molar-refractivity contribution >= 4 is 38.4 Å². The summed E-state index contributed by atoms with van der Waals surface area (Å²) in [6.07, 6.45) is 2.29. The second-order valence-electron chi connectivity index (χ2n) is 11.9. The first-order chi connectivity index (χ1) is 20.7. The van der Waals surface area contributed by atoms with Gasteiger partial charge in [0.2, 0.25) is 5.56 Å². The van der Waals surface area contributed by atoms with E-state index >= 15 is 0 Å². The van der Waals surface area contributed by atoms with Gasteiger partial charge in [0.1, 0.15) is 5.52 Å². The van der Waals surface area contributed by atoms with Crippen LogP contribution < -0.4 is 5.56 Å². The molecule has 4 heterocycles. The van der Waals surface area contributed by atoms with Gasteiger partial charge in [-0.15, -0.1) is 16.4 Å². The predicted molar refractivity (Wildman–Crippen MR) is 172 cm³/mol. The van der Waals surface area contributed by atoms with Gasteiger partial charge in [-0.1, -0.05) is 36.8 Å². The number of aromatic amines is 1. The van der Waals surface area contributed by atoms with Crippen molar-refractivity contribution in [1.82, 2.24) is 24.9 Å². The number of nitrogens with zero attached hydrogens (tertiary/aromatic N) is 4. The van der Waals surface area contributed by atoms with Crippen LogP contribution in [0.1, 0.15) is 71.7 Å². The number of fused-ring (bicyclic) bond motifs is 3. The third-order valence-electron chi connectivity index (χ3n) is 8.94. The first kappa shape index (κ1) is 29.3. The van der Waals surface area contributed by atoms with E-state index < -0.39 is 0 Å². The van der Waals surface area contributed by atoms with Crippen LogP contribution in [0.5, 0.6) is 0 Å². The van der Waals surface area contributed by atoms with Gasteiger partial charge in [0.05, 0.1) is 18.5 Å². The second-order valence-corrected chi connectivity index (χ2v) is 12.8. The van der Waals surface area contributed by atoms with Gasteiger partial charge in [0.25, 0.3) is 0 Å². The number of H-pyrrole nitrogens is 1. The summed E-state index contributed by atoms with van der Waals surface area (Å²) in [5, 5.41) is 12.1. The molecule has 0 saturated carbocycles. The lowest BCUT2D eigenvalue weighted by atomic mass is 9.83. The summed E-state index contributed by atoms with van der Waals surface area (Å²) in [4.78, 5) is 30.8. The van der Waals surface area contributed by atoms with Crippen LogP contribution in [0.15, 0.2) is 46.6 Å². The number of benzene rings is 2. The predicted octanol–water partition coefficient (Wildman–Crippen LogP) is 6.16. The summed E-state index contributed by atoms with van der Waals surface area (Å²) in [7, 11) is 1.91. The summed E-state index contributed by atoms with van der Waals surface area (Å²) in [6.45, 7) is 11.0. The smallest absolute Gasteiger partial charge is 0.306 e. The molecule has 6 rings (SSSR count). The molecule has 0 aliphatic carbocycles. The highest BCUT2D eigenvalue weighted by Crippen LogP contribution is 2.39. The molecule has 43 heavy (non-hydrogen) atoms. The summed E-state index contributed by atoms with van der Waals surface area (Å²) in [6, 6.07) is 12.5. The zero-order chi connectivity index (χ0) is 30.2. The fourth-order valence-corrected chi connectivity index (χ4v) is 7.69. The molecule has 0 fully saturated rings. The third-order valence-corrected chi connectivity index (χ3v) is 9.95. The van der Waals surface area contributed by atoms with Crippen LogP contribution in [0, 0.1) is 19.8 Å². The lowest BCUT2D eigenvalue weighted by Gasteiger charge is -2.26. The largest absolute Gasteiger partial charge is 0.466 e. The molecule has 0 spiro atoms. The van der Waals surface area contributed by atoms with Crippen molar-refractivity contribution in [2.75, 3.05) is 13.2 Å². The topological polar surface area (TPSA) is 93.1 Å². The Hall–Kier alpha value is -3.82. The van der Waals surface area contributed by atoms with Gasteiger partial charge >= 0.3 is 5.97 Å². The average molecular weight is 598 g/mol. The Morgan fingerprint density at radius 3 is 2.81 bits per heavy atom. The van der Waals surface area contributed by atoms with Crippen LogP contribution in [0.25, 0.3) is 21.1 Å². The number of hydrogen-bond acceptors (Lipinski definition) is 7. The standard InChI is InChI=1S/C34H39N5O3S/c1-6-22-13-23-8-9-30(40)35-29(23)19-39(17-22)18-26-15-25(14-24-10-11-43-34(24)26)28(16-31(41)42-7-2)27-12-20(3)33-32(21(27)4)36-37-38(33)5/h8-12,14-15,22,28H,6-7,13,16-19H2,1-5H3,(H,35,40)/t22-,28+/m0/s1. The molecule has 5 aromatic rings. The van der Waals surface area contributed by atoms with Crippen molar-refractivity contribution in [3.8, 4) is 0 Å². The molecule has 0 bridgehead atoms. The molecule has 0 saturated heterocycles. The summed E-state index contributed by atoms with van der Waals surface area (Å²) >= 11 is 1.75. The highest BCUT2D eigenvalue weighted by molar-refractivity contribution is 7.17. The van der Waals surface area contributed by atoms with Crippen molar-refractivity contribution in [3.05, 3.63) is 91.2 Å². The Kier molecular flexibility index (Phi) is 8.20. The minimum atomic E-state index is -0.213. The maximum atomic E-state index is 13.0. The molecular formula is C34H39N5O3S. The van der Waals surface area contributed by atoms with Gasteiger partial charge in [0, 0.05) is 49.1 Å². The number of rotatable bonds is 8. The van der Waals surface area contributed by atoms with Crippen LogP contribution in [0.3, 0.4) is 0 Å². The van der Waals surface area contributed by atoms with Gasteiger partial charge in [-0.2, -0.15) is 0 Å². The van der Waals surface area contributed by atoms with Gasteiger partial charge in [-0.25, -0.2) is 4.68 Å². The quantitative estimate of drug-likeness (QED) is 0.216. The Morgan fingerprint density at radius 2 is 2.02 bits per heavy atom. The first-order valence-corrected chi connectivity index (χ1v) is 16.0. The molecule has 1 aliphatic rings. The molecule has 3 aromatic heterocycles. The van der Waals surface area contributed by atoms with E-state index in [1.807, 2.05) is 24.7 Å². The molecule has 1 aliphatic heterocycles. The molecule has 8 nitrogen and oxygen atoms in total. The second kappa shape index (κ2) is 12.1. The van der Waals surface area contributed by atoms with Crippen molar-refractivity contribution in [1.29, 1.82) is 0 Å². The van der Waals surface area contributed by atoms with Crippen molar-refractivity contribution in [2.45, 2.75) is 66.0 Å². The molecular weight excluding hydrogens is 558 g/mol. The highest BCUT2D eigenvalue weighted by atomic mass is 32.1. The van der Waals surface area contributed by atoms with E-state index in [-0.39, 0.29) is 23.9 Å². The van der Waals surface area contributed by atoms with Gasteiger partial charge < -0.3 is 9.72 Å². The minimum Gasteiger partial charge on any atom is -0.466 e. The monoisotopic (exact) mass is 597 g/mol. The number of hydrogen-bond donors (Lipinski definition) is 1. The zero-order valence-electron chi connectivity index (χ0n) is 25.6. The van der Waals surface area contributed by atoms with Crippen molar-refractivity contribution in [3.63, 3.8) is 0 Å². The molecule has 2 aromatic carbocycles. The molecule has 224 valence electrons. The summed E-state index contributed by atoms with van der Waals surface area (Å²) in [5.74, 6) is 0.0986. The Bertz CT molecular complexity index is 1870. The number of esters is 1. The number of nitrogens with one attached hydrogen (secondary N) is 1. The lowest BCUT2D eigenvalue weighted by Crippen LogP contribution is -2.28. The van der Waals surface area contributed by atoms with Gasteiger partial charge in [-0.3, -0.25) is 14.5 Å². The molecule has 0 radical (unpaired) electrons. The molecule has 9 heteroatoms. The van der Waals surface area contributed by atoms with E-state index in [0.717, 1.165) is 64.9 Å². The van der Waals surface area contributed by atoms with Crippen LogP contribution in [0.2, 0.25) is 0 Å². The Balaban J connectivity index is 1.44. The minimum absolute atomic E-state index is 0.0520. The van der Waals surface area contributed by atoms with E-state index in [0.29, 0.717) is 19.1 Å². The number of aromatic nitrogens is 4. The Labute approximate surface area is 255 Å². The number of pyridine rings is 1. The summed E-state index contributed by atoms with van der Waals surface area (Å²) < 4.78 is 8.55. The molecule has 2 atom stereocenters. The molecule has 1 N–H and O–H groups in total. The van der Waals surface area contributed by atoms with E-state index in [9.17, 15) is 9.59 Å². The number of thiophene rings is 1. The number of ether oxygens (including phenoxy) is 1. The molecule has 0 amide bonds. The van der Waals surface area contributed by atoms with Crippen molar-refractivity contribution < 1.29 is 9.53 Å². The van der Waals surface area contributed by atoms with Crippen LogP contribution >= 0.6 is 11.3 Å². The maximum Gasteiger partial charge on any atom is 0.306 e. The third kappa shape index (κ3) is 5.76. The van der Waals surface area contributed by atoms with Gasteiger partial charge in [-0.05, 0) is 89.4 Å². The number of carbonyl (C=O) groups is 1.